The number of carbonyl (C=O) groups excluding carboxylic acids is 1. The Kier molecular flexibility index (Phi) is 3.83. The lowest BCUT2D eigenvalue weighted by Gasteiger charge is -2.10. The summed E-state index contributed by atoms with van der Waals surface area (Å²) in [7, 11) is 0. The molecule has 122 valence electrons. The lowest BCUT2D eigenvalue weighted by molar-refractivity contribution is 0.0951. The van der Waals surface area contributed by atoms with Crippen molar-refractivity contribution in [1.82, 2.24) is 14.9 Å². The second kappa shape index (κ2) is 5.68. The molecule has 0 unspecified atom stereocenters. The molecule has 1 aromatic heterocycles. The normalized spacial score (nSPS) is 20.0. The Hall–Kier alpha value is -2.37. The first-order chi connectivity index (χ1) is 10.9. The van der Waals surface area contributed by atoms with Crippen LogP contribution >= 0.6 is 0 Å². The Morgan fingerprint density at radius 2 is 2.09 bits per heavy atom. The predicted molar refractivity (Wildman–Crippen MR) is 88.8 cm³/mol. The quantitative estimate of drug-likeness (QED) is 0.900. The van der Waals surface area contributed by atoms with Crippen molar-refractivity contribution in [2.75, 3.05) is 6.54 Å². The van der Waals surface area contributed by atoms with Crippen LogP contribution in [0.25, 0.3) is 10.9 Å². The summed E-state index contributed by atoms with van der Waals surface area (Å²) in [6.07, 6.45) is 1.15. The van der Waals surface area contributed by atoms with Crippen LogP contribution in [0.15, 0.2) is 27.8 Å². The highest BCUT2D eigenvalue weighted by molar-refractivity contribution is 5.97. The van der Waals surface area contributed by atoms with Gasteiger partial charge in [0.1, 0.15) is 0 Å². The third kappa shape index (κ3) is 2.93. The van der Waals surface area contributed by atoms with E-state index in [9.17, 15) is 14.4 Å². The molecule has 1 aromatic carbocycles. The summed E-state index contributed by atoms with van der Waals surface area (Å²) in [6, 6.07) is 4.56. The van der Waals surface area contributed by atoms with Crippen molar-refractivity contribution in [3.63, 3.8) is 0 Å². The van der Waals surface area contributed by atoms with Crippen molar-refractivity contribution in [2.24, 2.45) is 11.8 Å². The van der Waals surface area contributed by atoms with E-state index in [0.29, 0.717) is 34.8 Å². The molecular formula is C17H21N3O3. The zero-order valence-corrected chi connectivity index (χ0v) is 13.6. The summed E-state index contributed by atoms with van der Waals surface area (Å²) in [6.45, 7) is 6.40. The van der Waals surface area contributed by atoms with Crippen molar-refractivity contribution in [2.45, 2.75) is 33.2 Å². The molecule has 1 heterocycles. The first kappa shape index (κ1) is 15.5. The van der Waals surface area contributed by atoms with Crippen LogP contribution in [0.4, 0.5) is 0 Å². The van der Waals surface area contributed by atoms with Gasteiger partial charge in [0, 0.05) is 18.2 Å². The summed E-state index contributed by atoms with van der Waals surface area (Å²) >= 11 is 0. The summed E-state index contributed by atoms with van der Waals surface area (Å²) in [5.41, 5.74) is 0.0480. The summed E-state index contributed by atoms with van der Waals surface area (Å²) in [5, 5.41) is 3.31. The third-order valence-electron chi connectivity index (χ3n) is 4.51. The van der Waals surface area contributed by atoms with Crippen molar-refractivity contribution in [3.05, 3.63) is 44.6 Å². The first-order valence-electron chi connectivity index (χ1n) is 7.95. The van der Waals surface area contributed by atoms with E-state index in [2.05, 4.69) is 17.2 Å². The van der Waals surface area contributed by atoms with Crippen LogP contribution in [0, 0.1) is 11.8 Å². The molecule has 1 saturated carbocycles. The van der Waals surface area contributed by atoms with Crippen molar-refractivity contribution >= 4 is 16.8 Å². The molecule has 1 amide bonds. The number of H-pyrrole nitrogens is 1. The van der Waals surface area contributed by atoms with E-state index in [1.807, 2.05) is 0 Å². The molecule has 2 atom stereocenters. The van der Waals surface area contributed by atoms with Gasteiger partial charge in [-0.25, -0.2) is 4.79 Å². The molecule has 3 rings (SSSR count). The van der Waals surface area contributed by atoms with Crippen LogP contribution in [0.1, 0.15) is 43.6 Å². The number of amides is 1. The number of benzene rings is 1. The maximum absolute atomic E-state index is 12.4. The highest BCUT2D eigenvalue weighted by Crippen LogP contribution is 2.36. The Morgan fingerprint density at radius 1 is 1.39 bits per heavy atom. The monoisotopic (exact) mass is 315 g/mol. The van der Waals surface area contributed by atoms with Crippen LogP contribution in [-0.4, -0.2) is 22.0 Å². The average molecular weight is 315 g/mol. The molecule has 0 saturated heterocycles. The molecule has 1 aliphatic rings. The molecule has 2 aromatic rings. The molecule has 1 aliphatic carbocycles. The minimum atomic E-state index is -0.457. The van der Waals surface area contributed by atoms with Gasteiger partial charge in [-0.2, -0.15) is 0 Å². The van der Waals surface area contributed by atoms with Gasteiger partial charge < -0.3 is 10.3 Å². The fourth-order valence-corrected chi connectivity index (χ4v) is 2.85. The highest BCUT2D eigenvalue weighted by atomic mass is 16.2. The Morgan fingerprint density at radius 3 is 2.70 bits per heavy atom. The molecule has 0 aliphatic heterocycles. The van der Waals surface area contributed by atoms with E-state index >= 15 is 0 Å². The van der Waals surface area contributed by atoms with Gasteiger partial charge in [-0.05, 0) is 50.3 Å². The van der Waals surface area contributed by atoms with Crippen molar-refractivity contribution in [1.29, 1.82) is 0 Å². The summed E-state index contributed by atoms with van der Waals surface area (Å²) < 4.78 is 1.18. The maximum Gasteiger partial charge on any atom is 0.329 e. The number of hydrogen-bond donors (Lipinski definition) is 2. The Balaban J connectivity index is 1.93. The summed E-state index contributed by atoms with van der Waals surface area (Å²) in [5.74, 6) is 1.06. The maximum atomic E-state index is 12.4. The van der Waals surface area contributed by atoms with Crippen LogP contribution in [0.5, 0.6) is 0 Å². The lowest BCUT2D eigenvalue weighted by Crippen LogP contribution is -2.36. The molecule has 23 heavy (non-hydrogen) atoms. The molecule has 6 heteroatoms. The highest BCUT2D eigenvalue weighted by Gasteiger charge is 2.32. The SMILES string of the molecule is CC(C)n1c(=O)[nH]c2cc(C(=O)NC[C@H]3C[C@H]3C)ccc2c1=O. The standard InChI is InChI=1S/C17H21N3O3/c1-9(2)20-16(22)13-5-4-11(7-14(13)19-17(20)23)15(21)18-8-12-6-10(12)3/h4-5,7,9-10,12H,6,8H2,1-3H3,(H,18,21)(H,19,23)/t10-,12-/m1/s1. The van der Waals surface area contributed by atoms with Crippen LogP contribution in [0.2, 0.25) is 0 Å². The number of carbonyl (C=O) groups is 1. The van der Waals surface area contributed by atoms with Gasteiger partial charge >= 0.3 is 5.69 Å². The number of nitrogens with zero attached hydrogens (tertiary/aromatic N) is 1. The van der Waals surface area contributed by atoms with E-state index < -0.39 is 5.69 Å². The van der Waals surface area contributed by atoms with Gasteiger partial charge in [0.05, 0.1) is 10.9 Å². The zero-order valence-electron chi connectivity index (χ0n) is 13.6. The van der Waals surface area contributed by atoms with Gasteiger partial charge in [0.25, 0.3) is 11.5 Å². The van der Waals surface area contributed by atoms with Gasteiger partial charge in [-0.1, -0.05) is 6.92 Å². The van der Waals surface area contributed by atoms with Gasteiger partial charge in [0.15, 0.2) is 0 Å². The van der Waals surface area contributed by atoms with E-state index in [-0.39, 0.29) is 17.5 Å². The largest absolute Gasteiger partial charge is 0.352 e. The van der Waals surface area contributed by atoms with E-state index in [1.54, 1.807) is 32.0 Å². The van der Waals surface area contributed by atoms with Crippen molar-refractivity contribution in [3.8, 4) is 0 Å². The Bertz CT molecular complexity index is 879. The van der Waals surface area contributed by atoms with Crippen LogP contribution in [-0.2, 0) is 0 Å². The van der Waals surface area contributed by atoms with Crippen LogP contribution < -0.4 is 16.6 Å². The van der Waals surface area contributed by atoms with E-state index in [1.165, 1.54) is 4.57 Å². The first-order valence-corrected chi connectivity index (χ1v) is 7.95. The van der Waals surface area contributed by atoms with Crippen molar-refractivity contribution < 1.29 is 4.79 Å². The minimum absolute atomic E-state index is 0.181. The number of aromatic nitrogens is 2. The summed E-state index contributed by atoms with van der Waals surface area (Å²) in [4.78, 5) is 39.3. The van der Waals surface area contributed by atoms with E-state index in [0.717, 1.165) is 6.42 Å². The van der Waals surface area contributed by atoms with Gasteiger partial charge in [-0.3, -0.25) is 14.2 Å². The number of aromatic amines is 1. The topological polar surface area (TPSA) is 84.0 Å². The van der Waals surface area contributed by atoms with E-state index in [4.69, 9.17) is 0 Å². The number of fused-ring (bicyclic) bond motifs is 1. The molecule has 1 fully saturated rings. The Labute approximate surface area is 133 Å². The number of hydrogen-bond acceptors (Lipinski definition) is 3. The number of nitrogens with one attached hydrogen (secondary N) is 2. The van der Waals surface area contributed by atoms with Gasteiger partial charge in [0.2, 0.25) is 0 Å². The molecule has 0 radical (unpaired) electrons. The second-order valence-corrected chi connectivity index (χ2v) is 6.64. The molecule has 0 spiro atoms. The predicted octanol–water partition coefficient (Wildman–Crippen LogP) is 1.66. The zero-order chi connectivity index (χ0) is 16.7. The molecule has 6 nitrogen and oxygen atoms in total. The molecular weight excluding hydrogens is 294 g/mol. The minimum Gasteiger partial charge on any atom is -0.352 e. The lowest BCUT2D eigenvalue weighted by atomic mass is 10.1. The fraction of sp³-hybridized carbons (Fsp3) is 0.471. The smallest absolute Gasteiger partial charge is 0.329 e. The molecule has 0 bridgehead atoms. The third-order valence-corrected chi connectivity index (χ3v) is 4.51. The average Bonchev–Trinajstić information content (AvgIpc) is 3.19. The number of rotatable bonds is 4. The fourth-order valence-electron chi connectivity index (χ4n) is 2.85. The van der Waals surface area contributed by atoms with Crippen LogP contribution in [0.3, 0.4) is 0 Å². The molecule has 2 N–H and O–H groups in total. The van der Waals surface area contributed by atoms with Gasteiger partial charge in [-0.15, -0.1) is 0 Å². The second-order valence-electron chi connectivity index (χ2n) is 6.64.